The van der Waals surface area contributed by atoms with Gasteiger partial charge in [-0.3, -0.25) is 4.98 Å². The highest BCUT2D eigenvalue weighted by Crippen LogP contribution is 2.26. The number of hydrogen-bond acceptors (Lipinski definition) is 4. The highest BCUT2D eigenvalue weighted by molar-refractivity contribution is 9.10. The molecule has 0 atom stereocenters. The fourth-order valence-electron chi connectivity index (χ4n) is 2.50. The first-order valence-electron chi connectivity index (χ1n) is 6.55. The van der Waals surface area contributed by atoms with E-state index < -0.39 is 9.84 Å². The van der Waals surface area contributed by atoms with Crippen LogP contribution in [-0.2, 0) is 9.84 Å². The lowest BCUT2D eigenvalue weighted by atomic mass is 10.1. The Balaban J connectivity index is 1.85. The molecule has 1 saturated heterocycles. The van der Waals surface area contributed by atoms with Gasteiger partial charge in [0.1, 0.15) is 9.84 Å². The van der Waals surface area contributed by atoms with Crippen molar-refractivity contribution in [1.29, 1.82) is 0 Å². The quantitative estimate of drug-likeness (QED) is 0.900. The van der Waals surface area contributed by atoms with Gasteiger partial charge in [0.15, 0.2) is 0 Å². The lowest BCUT2D eigenvalue weighted by Crippen LogP contribution is -2.32. The van der Waals surface area contributed by atoms with Gasteiger partial charge in [-0.05, 0) is 40.9 Å². The molecule has 1 aromatic heterocycles. The minimum absolute atomic E-state index is 0.203. The van der Waals surface area contributed by atoms with E-state index in [2.05, 4.69) is 26.2 Å². The second kappa shape index (κ2) is 5.33. The van der Waals surface area contributed by atoms with E-state index in [4.69, 9.17) is 0 Å². The Kier molecular flexibility index (Phi) is 3.69. The number of benzene rings is 1. The molecule has 20 heavy (non-hydrogen) atoms. The summed E-state index contributed by atoms with van der Waals surface area (Å²) in [6, 6.07) is 8.22. The largest absolute Gasteiger partial charge is 0.380 e. The van der Waals surface area contributed by atoms with E-state index >= 15 is 0 Å². The second-order valence-electron chi connectivity index (χ2n) is 5.10. The number of nitrogens with zero attached hydrogens (tertiary/aromatic N) is 1. The van der Waals surface area contributed by atoms with Gasteiger partial charge in [0.05, 0.1) is 22.7 Å². The molecule has 6 heteroatoms. The summed E-state index contributed by atoms with van der Waals surface area (Å²) in [6.45, 7) is 0. The van der Waals surface area contributed by atoms with Crippen LogP contribution in [0.4, 0.5) is 5.69 Å². The molecule has 1 aliphatic heterocycles. The molecule has 0 aliphatic carbocycles. The minimum Gasteiger partial charge on any atom is -0.380 e. The Morgan fingerprint density at radius 2 is 2.00 bits per heavy atom. The summed E-state index contributed by atoms with van der Waals surface area (Å²) >= 11 is 3.42. The van der Waals surface area contributed by atoms with Crippen LogP contribution in [0.1, 0.15) is 12.8 Å². The van der Waals surface area contributed by atoms with Gasteiger partial charge in [-0.15, -0.1) is 0 Å². The number of anilines is 1. The standard InChI is InChI=1S/C14H15BrN2O2S/c15-11-8-10-2-1-3-13(14(10)16-9-11)17-12-4-6-20(18,19)7-5-12/h1-3,8-9,12,17H,4-7H2. The fourth-order valence-corrected chi connectivity index (χ4v) is 4.35. The molecule has 0 amide bonds. The maximum absolute atomic E-state index is 11.5. The molecule has 0 saturated carbocycles. The molecular weight excluding hydrogens is 340 g/mol. The average Bonchev–Trinajstić information content (AvgIpc) is 2.41. The highest BCUT2D eigenvalue weighted by atomic mass is 79.9. The third-order valence-electron chi connectivity index (χ3n) is 3.59. The second-order valence-corrected chi connectivity index (χ2v) is 8.32. The number of hydrogen-bond donors (Lipinski definition) is 1. The third kappa shape index (κ3) is 2.96. The third-order valence-corrected chi connectivity index (χ3v) is 5.74. The molecule has 0 spiro atoms. The fraction of sp³-hybridized carbons (Fsp3) is 0.357. The number of sulfone groups is 1. The number of para-hydroxylation sites is 1. The summed E-state index contributed by atoms with van der Waals surface area (Å²) in [5, 5.41) is 4.50. The van der Waals surface area contributed by atoms with Crippen LogP contribution in [0.2, 0.25) is 0 Å². The predicted molar refractivity (Wildman–Crippen MR) is 84.7 cm³/mol. The van der Waals surface area contributed by atoms with Crippen LogP contribution in [0.25, 0.3) is 10.9 Å². The lowest BCUT2D eigenvalue weighted by Gasteiger charge is -2.24. The summed E-state index contributed by atoms with van der Waals surface area (Å²) in [6.07, 6.45) is 3.10. The Morgan fingerprint density at radius 1 is 1.25 bits per heavy atom. The number of aromatic nitrogens is 1. The molecule has 1 aromatic carbocycles. The molecule has 0 bridgehead atoms. The van der Waals surface area contributed by atoms with Gasteiger partial charge in [0.25, 0.3) is 0 Å². The van der Waals surface area contributed by atoms with Crippen molar-refractivity contribution < 1.29 is 8.42 Å². The van der Waals surface area contributed by atoms with E-state index in [1.54, 1.807) is 6.20 Å². The van der Waals surface area contributed by atoms with Crippen LogP contribution in [0.5, 0.6) is 0 Å². The molecule has 1 aliphatic rings. The van der Waals surface area contributed by atoms with Gasteiger partial charge in [-0.2, -0.15) is 0 Å². The van der Waals surface area contributed by atoms with Crippen molar-refractivity contribution in [3.05, 3.63) is 34.9 Å². The van der Waals surface area contributed by atoms with Crippen molar-refractivity contribution in [3.8, 4) is 0 Å². The normalized spacial score (nSPS) is 19.1. The molecule has 2 heterocycles. The summed E-state index contributed by atoms with van der Waals surface area (Å²) in [5.74, 6) is 0.544. The first kappa shape index (κ1) is 13.8. The topological polar surface area (TPSA) is 59.1 Å². The van der Waals surface area contributed by atoms with Gasteiger partial charge in [-0.1, -0.05) is 12.1 Å². The van der Waals surface area contributed by atoms with Crippen LogP contribution < -0.4 is 5.32 Å². The average molecular weight is 355 g/mol. The lowest BCUT2D eigenvalue weighted by molar-refractivity contribution is 0.560. The zero-order valence-corrected chi connectivity index (χ0v) is 13.2. The van der Waals surface area contributed by atoms with Gasteiger partial charge in [-0.25, -0.2) is 8.42 Å². The number of halogens is 1. The summed E-state index contributed by atoms with van der Waals surface area (Å²) in [5.41, 5.74) is 1.89. The highest BCUT2D eigenvalue weighted by Gasteiger charge is 2.23. The molecule has 106 valence electrons. The van der Waals surface area contributed by atoms with Gasteiger partial charge < -0.3 is 5.32 Å². The van der Waals surface area contributed by atoms with Crippen molar-refractivity contribution in [1.82, 2.24) is 4.98 Å². The van der Waals surface area contributed by atoms with E-state index in [-0.39, 0.29) is 17.5 Å². The predicted octanol–water partition coefficient (Wildman–Crippen LogP) is 2.99. The zero-order valence-electron chi connectivity index (χ0n) is 10.8. The van der Waals surface area contributed by atoms with Crippen molar-refractivity contribution >= 4 is 42.4 Å². The molecule has 1 N–H and O–H groups in total. The van der Waals surface area contributed by atoms with E-state index in [0.717, 1.165) is 21.1 Å². The number of pyridine rings is 1. The summed E-state index contributed by atoms with van der Waals surface area (Å²) in [4.78, 5) is 4.45. The molecule has 4 nitrogen and oxygen atoms in total. The Bertz CT molecular complexity index is 732. The van der Waals surface area contributed by atoms with Gasteiger partial charge in [0, 0.05) is 22.1 Å². The summed E-state index contributed by atoms with van der Waals surface area (Å²) in [7, 11) is -2.82. The SMILES string of the molecule is O=S1(=O)CCC(Nc2cccc3cc(Br)cnc23)CC1. The van der Waals surface area contributed by atoms with E-state index in [1.165, 1.54) is 0 Å². The molecular formula is C14H15BrN2O2S. The Morgan fingerprint density at radius 3 is 2.75 bits per heavy atom. The van der Waals surface area contributed by atoms with Crippen LogP contribution in [0.3, 0.4) is 0 Å². The van der Waals surface area contributed by atoms with Gasteiger partial charge >= 0.3 is 0 Å². The zero-order chi connectivity index (χ0) is 14.2. The van der Waals surface area contributed by atoms with Crippen molar-refractivity contribution in [2.45, 2.75) is 18.9 Å². The molecule has 2 aromatic rings. The monoisotopic (exact) mass is 354 g/mol. The summed E-state index contributed by atoms with van der Waals surface area (Å²) < 4.78 is 23.9. The smallest absolute Gasteiger partial charge is 0.150 e. The van der Waals surface area contributed by atoms with Crippen LogP contribution in [-0.4, -0.2) is 30.9 Å². The number of fused-ring (bicyclic) bond motifs is 1. The van der Waals surface area contributed by atoms with E-state index in [9.17, 15) is 8.42 Å². The maximum Gasteiger partial charge on any atom is 0.150 e. The Hall–Kier alpha value is -1.14. The first-order chi connectivity index (χ1) is 9.53. The van der Waals surface area contributed by atoms with E-state index in [0.29, 0.717) is 12.8 Å². The van der Waals surface area contributed by atoms with Gasteiger partial charge in [0.2, 0.25) is 0 Å². The van der Waals surface area contributed by atoms with Crippen molar-refractivity contribution in [2.75, 3.05) is 16.8 Å². The molecule has 3 rings (SSSR count). The Labute approximate surface area is 126 Å². The molecule has 1 fully saturated rings. The first-order valence-corrected chi connectivity index (χ1v) is 9.16. The van der Waals surface area contributed by atoms with E-state index in [1.807, 2.05) is 24.3 Å². The van der Waals surface area contributed by atoms with Crippen molar-refractivity contribution in [2.24, 2.45) is 0 Å². The number of nitrogens with one attached hydrogen (secondary N) is 1. The van der Waals surface area contributed by atoms with Crippen molar-refractivity contribution in [3.63, 3.8) is 0 Å². The molecule has 0 unspecified atom stereocenters. The van der Waals surface area contributed by atoms with Crippen LogP contribution in [0, 0.1) is 0 Å². The molecule has 0 radical (unpaired) electrons. The number of rotatable bonds is 2. The minimum atomic E-state index is -2.82. The van der Waals surface area contributed by atoms with Crippen LogP contribution in [0.15, 0.2) is 34.9 Å². The van der Waals surface area contributed by atoms with Crippen LogP contribution >= 0.6 is 15.9 Å². The maximum atomic E-state index is 11.5.